The van der Waals surface area contributed by atoms with Crippen molar-refractivity contribution in [2.75, 3.05) is 18.9 Å². The maximum absolute atomic E-state index is 12.1. The molecule has 0 aliphatic carbocycles. The van der Waals surface area contributed by atoms with Gasteiger partial charge in [-0.15, -0.1) is 0 Å². The highest BCUT2D eigenvalue weighted by Gasteiger charge is 2.12. The number of ether oxygens (including phenoxy) is 1. The van der Waals surface area contributed by atoms with Gasteiger partial charge in [0.05, 0.1) is 0 Å². The molecule has 2 rings (SSSR count). The number of hydrogen-bond donors (Lipinski definition) is 3. The number of benzene rings is 2. The monoisotopic (exact) mass is 314 g/mol. The van der Waals surface area contributed by atoms with Crippen LogP contribution in [0.3, 0.4) is 0 Å². The molecule has 2 aromatic rings. The second-order valence-electron chi connectivity index (χ2n) is 5.57. The maximum Gasteiger partial charge on any atom is 0.251 e. The van der Waals surface area contributed by atoms with Gasteiger partial charge in [0.25, 0.3) is 5.91 Å². The summed E-state index contributed by atoms with van der Waals surface area (Å²) in [5.74, 6) is 0.437. The molecule has 0 heterocycles. The Morgan fingerprint density at radius 1 is 1.26 bits per heavy atom. The van der Waals surface area contributed by atoms with Crippen LogP contribution in [0.5, 0.6) is 5.75 Å². The minimum atomic E-state index is -0.791. The smallest absolute Gasteiger partial charge is 0.251 e. The Kier molecular flexibility index (Phi) is 5.60. The Morgan fingerprint density at radius 2 is 2.04 bits per heavy atom. The van der Waals surface area contributed by atoms with Crippen molar-refractivity contribution in [3.05, 3.63) is 59.2 Å². The largest absolute Gasteiger partial charge is 0.491 e. The third-order valence-corrected chi connectivity index (χ3v) is 3.44. The SMILES string of the molecule is Cc1cccc(OCC(O)CNC(=O)c2cc(N)ccc2C)c1. The van der Waals surface area contributed by atoms with E-state index in [-0.39, 0.29) is 19.1 Å². The van der Waals surface area contributed by atoms with E-state index in [1.807, 2.05) is 38.1 Å². The molecule has 0 aliphatic heterocycles. The Bertz CT molecular complexity index is 686. The van der Waals surface area contributed by atoms with Crippen LogP contribution in [0.1, 0.15) is 21.5 Å². The number of aliphatic hydroxyl groups excluding tert-OH is 1. The molecule has 0 aliphatic rings. The van der Waals surface area contributed by atoms with Crippen molar-refractivity contribution in [3.8, 4) is 5.75 Å². The van der Waals surface area contributed by atoms with Crippen molar-refractivity contribution in [2.24, 2.45) is 0 Å². The predicted molar refractivity (Wildman–Crippen MR) is 90.6 cm³/mol. The summed E-state index contributed by atoms with van der Waals surface area (Å²) < 4.78 is 5.51. The van der Waals surface area contributed by atoms with E-state index in [1.54, 1.807) is 18.2 Å². The van der Waals surface area contributed by atoms with E-state index in [0.717, 1.165) is 11.1 Å². The fraction of sp³-hybridized carbons (Fsp3) is 0.278. The number of nitrogens with one attached hydrogen (secondary N) is 1. The molecule has 5 nitrogen and oxygen atoms in total. The summed E-state index contributed by atoms with van der Waals surface area (Å²) >= 11 is 0. The van der Waals surface area contributed by atoms with E-state index in [9.17, 15) is 9.90 Å². The topological polar surface area (TPSA) is 84.6 Å². The van der Waals surface area contributed by atoms with Gasteiger partial charge in [-0.25, -0.2) is 0 Å². The highest BCUT2D eigenvalue weighted by atomic mass is 16.5. The van der Waals surface area contributed by atoms with Gasteiger partial charge >= 0.3 is 0 Å². The highest BCUT2D eigenvalue weighted by Crippen LogP contribution is 2.13. The minimum absolute atomic E-state index is 0.110. The average Bonchev–Trinajstić information content (AvgIpc) is 2.53. The normalized spacial score (nSPS) is 11.8. The van der Waals surface area contributed by atoms with E-state index in [2.05, 4.69) is 5.32 Å². The molecule has 0 saturated heterocycles. The number of carbonyl (C=O) groups excluding carboxylic acids is 1. The van der Waals surface area contributed by atoms with Gasteiger partial charge in [-0.3, -0.25) is 4.79 Å². The maximum atomic E-state index is 12.1. The quantitative estimate of drug-likeness (QED) is 0.713. The van der Waals surface area contributed by atoms with Gasteiger partial charge in [0.15, 0.2) is 0 Å². The first-order chi connectivity index (χ1) is 11.0. The fourth-order valence-electron chi connectivity index (χ4n) is 2.15. The fourth-order valence-corrected chi connectivity index (χ4v) is 2.15. The zero-order valence-electron chi connectivity index (χ0n) is 13.4. The third-order valence-electron chi connectivity index (χ3n) is 3.44. The van der Waals surface area contributed by atoms with Crippen molar-refractivity contribution in [2.45, 2.75) is 20.0 Å². The van der Waals surface area contributed by atoms with Crippen LogP contribution in [0.4, 0.5) is 5.69 Å². The number of nitrogen functional groups attached to an aromatic ring is 1. The number of aryl methyl sites for hydroxylation is 2. The van der Waals surface area contributed by atoms with Crippen molar-refractivity contribution in [1.82, 2.24) is 5.32 Å². The zero-order valence-corrected chi connectivity index (χ0v) is 13.4. The molecule has 0 radical (unpaired) electrons. The third kappa shape index (κ3) is 5.00. The Labute approximate surface area is 136 Å². The van der Waals surface area contributed by atoms with Crippen LogP contribution in [-0.4, -0.2) is 30.3 Å². The van der Waals surface area contributed by atoms with Crippen molar-refractivity contribution >= 4 is 11.6 Å². The molecule has 0 aromatic heterocycles. The molecule has 2 aromatic carbocycles. The van der Waals surface area contributed by atoms with Gasteiger partial charge in [-0.2, -0.15) is 0 Å². The average molecular weight is 314 g/mol. The van der Waals surface area contributed by atoms with Crippen molar-refractivity contribution in [3.63, 3.8) is 0 Å². The predicted octanol–water partition coefficient (Wildman–Crippen LogP) is 2.06. The van der Waals surface area contributed by atoms with Gasteiger partial charge < -0.3 is 20.9 Å². The molecule has 1 atom stereocenters. The van der Waals surface area contributed by atoms with Gasteiger partial charge in [0.2, 0.25) is 0 Å². The van der Waals surface area contributed by atoms with Crippen LogP contribution >= 0.6 is 0 Å². The van der Waals surface area contributed by atoms with Crippen LogP contribution in [0.15, 0.2) is 42.5 Å². The summed E-state index contributed by atoms with van der Waals surface area (Å²) in [7, 11) is 0. The first-order valence-electron chi connectivity index (χ1n) is 7.47. The van der Waals surface area contributed by atoms with Crippen LogP contribution < -0.4 is 15.8 Å². The molecule has 23 heavy (non-hydrogen) atoms. The summed E-state index contributed by atoms with van der Waals surface area (Å²) in [5, 5.41) is 12.6. The van der Waals surface area contributed by atoms with Crippen LogP contribution in [0, 0.1) is 13.8 Å². The van der Waals surface area contributed by atoms with Crippen molar-refractivity contribution < 1.29 is 14.6 Å². The molecule has 0 fully saturated rings. The van der Waals surface area contributed by atoms with Gasteiger partial charge in [-0.1, -0.05) is 18.2 Å². The molecular formula is C18H22N2O3. The van der Waals surface area contributed by atoms with E-state index in [1.165, 1.54) is 0 Å². The van der Waals surface area contributed by atoms with Gasteiger partial charge in [-0.05, 0) is 49.2 Å². The standard InChI is InChI=1S/C18H22N2O3/c1-12-4-3-5-16(8-12)23-11-15(21)10-20-18(22)17-9-14(19)7-6-13(17)2/h3-9,15,21H,10-11,19H2,1-2H3,(H,20,22). The lowest BCUT2D eigenvalue weighted by atomic mass is 10.1. The summed E-state index contributed by atoms with van der Waals surface area (Å²) in [4.78, 5) is 12.1. The number of rotatable bonds is 6. The number of carbonyl (C=O) groups is 1. The van der Waals surface area contributed by atoms with Crippen molar-refractivity contribution in [1.29, 1.82) is 0 Å². The molecule has 4 N–H and O–H groups in total. The number of aliphatic hydroxyl groups is 1. The Hall–Kier alpha value is -2.53. The van der Waals surface area contributed by atoms with Gasteiger partial charge in [0.1, 0.15) is 18.5 Å². The Morgan fingerprint density at radius 3 is 2.78 bits per heavy atom. The molecular weight excluding hydrogens is 292 g/mol. The molecule has 0 bridgehead atoms. The second-order valence-corrected chi connectivity index (χ2v) is 5.57. The van der Waals surface area contributed by atoms with E-state index in [4.69, 9.17) is 10.5 Å². The summed E-state index contributed by atoms with van der Waals surface area (Å²) in [6.45, 7) is 4.03. The van der Waals surface area contributed by atoms with E-state index in [0.29, 0.717) is 17.0 Å². The molecule has 1 unspecified atom stereocenters. The summed E-state index contributed by atoms with van der Waals surface area (Å²) in [6.07, 6.45) is -0.791. The number of hydrogen-bond acceptors (Lipinski definition) is 4. The molecule has 1 amide bonds. The Balaban J connectivity index is 1.83. The van der Waals surface area contributed by atoms with Gasteiger partial charge in [0, 0.05) is 17.8 Å². The lowest BCUT2D eigenvalue weighted by molar-refractivity contribution is 0.0843. The molecule has 0 spiro atoms. The first kappa shape index (κ1) is 16.8. The minimum Gasteiger partial charge on any atom is -0.491 e. The highest BCUT2D eigenvalue weighted by molar-refractivity contribution is 5.96. The van der Waals surface area contributed by atoms with Crippen LogP contribution in [0.25, 0.3) is 0 Å². The van der Waals surface area contributed by atoms with Crippen LogP contribution in [-0.2, 0) is 0 Å². The lowest BCUT2D eigenvalue weighted by Crippen LogP contribution is -2.35. The number of nitrogens with two attached hydrogens (primary N) is 1. The van der Waals surface area contributed by atoms with E-state index < -0.39 is 6.10 Å². The van der Waals surface area contributed by atoms with E-state index >= 15 is 0 Å². The summed E-state index contributed by atoms with van der Waals surface area (Å²) in [5.41, 5.74) is 8.66. The lowest BCUT2D eigenvalue weighted by Gasteiger charge is -2.14. The number of anilines is 1. The number of amides is 1. The molecule has 0 saturated carbocycles. The zero-order chi connectivity index (χ0) is 16.8. The second kappa shape index (κ2) is 7.65. The molecule has 5 heteroatoms. The summed E-state index contributed by atoms with van der Waals surface area (Å²) in [6, 6.07) is 12.7. The molecule has 122 valence electrons. The first-order valence-corrected chi connectivity index (χ1v) is 7.47. The van der Waals surface area contributed by atoms with Crippen LogP contribution in [0.2, 0.25) is 0 Å².